The molecule has 4 heteroatoms. The molecule has 3 unspecified atom stereocenters. The van der Waals surface area contributed by atoms with Crippen LogP contribution >= 0.6 is 11.5 Å². The van der Waals surface area contributed by atoms with Crippen molar-refractivity contribution in [3.8, 4) is 0 Å². The zero-order valence-electron chi connectivity index (χ0n) is 11.1. The maximum atomic E-state index is 4.54. The van der Waals surface area contributed by atoms with Crippen LogP contribution in [0.4, 0.5) is 5.13 Å². The van der Waals surface area contributed by atoms with Crippen LogP contribution < -0.4 is 5.32 Å². The number of hydrogen-bond donors (Lipinski definition) is 1. The molecule has 1 aromatic heterocycles. The van der Waals surface area contributed by atoms with E-state index in [2.05, 4.69) is 35.4 Å². The van der Waals surface area contributed by atoms with Crippen molar-refractivity contribution in [3.05, 3.63) is 5.82 Å². The molecule has 3 nitrogen and oxygen atoms in total. The predicted octanol–water partition coefficient (Wildman–Crippen LogP) is 3.73. The van der Waals surface area contributed by atoms with Gasteiger partial charge in [0.2, 0.25) is 5.13 Å². The van der Waals surface area contributed by atoms with Gasteiger partial charge < -0.3 is 5.32 Å². The lowest BCUT2D eigenvalue weighted by Crippen LogP contribution is -2.32. The fourth-order valence-electron chi connectivity index (χ4n) is 2.68. The molecular formula is C13H23N3S. The van der Waals surface area contributed by atoms with Crippen LogP contribution in [0.2, 0.25) is 0 Å². The summed E-state index contributed by atoms with van der Waals surface area (Å²) < 4.78 is 4.38. The van der Waals surface area contributed by atoms with E-state index in [9.17, 15) is 0 Å². The van der Waals surface area contributed by atoms with E-state index in [1.807, 2.05) is 0 Å². The molecule has 1 saturated carbocycles. The summed E-state index contributed by atoms with van der Waals surface area (Å²) >= 11 is 1.51. The monoisotopic (exact) mass is 253 g/mol. The second-order valence-electron chi connectivity index (χ2n) is 5.41. The first kappa shape index (κ1) is 12.8. The molecule has 3 atom stereocenters. The van der Waals surface area contributed by atoms with Crippen LogP contribution in [0.15, 0.2) is 0 Å². The van der Waals surface area contributed by atoms with Crippen molar-refractivity contribution < 1.29 is 0 Å². The van der Waals surface area contributed by atoms with Crippen molar-refractivity contribution in [1.29, 1.82) is 0 Å². The SMILES string of the molecule is CCCc1nsc(NC2CCC(C)CC2C)n1. The van der Waals surface area contributed by atoms with E-state index >= 15 is 0 Å². The lowest BCUT2D eigenvalue weighted by Gasteiger charge is -2.32. The minimum Gasteiger partial charge on any atom is -0.357 e. The first-order valence-electron chi connectivity index (χ1n) is 6.78. The van der Waals surface area contributed by atoms with Gasteiger partial charge in [0.25, 0.3) is 0 Å². The zero-order chi connectivity index (χ0) is 12.3. The van der Waals surface area contributed by atoms with Crippen molar-refractivity contribution in [1.82, 2.24) is 9.36 Å². The van der Waals surface area contributed by atoms with Crippen LogP contribution in [-0.4, -0.2) is 15.4 Å². The largest absolute Gasteiger partial charge is 0.357 e. The molecule has 17 heavy (non-hydrogen) atoms. The topological polar surface area (TPSA) is 37.8 Å². The van der Waals surface area contributed by atoms with E-state index in [4.69, 9.17) is 0 Å². The lowest BCUT2D eigenvalue weighted by atomic mass is 9.80. The molecule has 1 fully saturated rings. The van der Waals surface area contributed by atoms with Crippen LogP contribution in [-0.2, 0) is 6.42 Å². The third-order valence-electron chi connectivity index (χ3n) is 3.68. The van der Waals surface area contributed by atoms with Gasteiger partial charge in [0.1, 0.15) is 5.82 Å². The molecule has 0 radical (unpaired) electrons. The van der Waals surface area contributed by atoms with Gasteiger partial charge in [-0.1, -0.05) is 20.8 Å². The fraction of sp³-hybridized carbons (Fsp3) is 0.846. The summed E-state index contributed by atoms with van der Waals surface area (Å²) in [5.41, 5.74) is 0. The second-order valence-corrected chi connectivity index (χ2v) is 6.16. The van der Waals surface area contributed by atoms with Crippen LogP contribution in [0.25, 0.3) is 0 Å². The predicted molar refractivity (Wildman–Crippen MR) is 73.5 cm³/mol. The first-order chi connectivity index (χ1) is 8.19. The molecule has 0 bridgehead atoms. The standard InChI is InChI=1S/C13H23N3S/c1-4-5-12-15-13(17-16-12)14-11-7-6-9(2)8-10(11)3/h9-11H,4-8H2,1-3H3,(H,14,15,16). The van der Waals surface area contributed by atoms with E-state index in [0.29, 0.717) is 6.04 Å². The molecule has 1 N–H and O–H groups in total. The van der Waals surface area contributed by atoms with Gasteiger partial charge >= 0.3 is 0 Å². The maximum Gasteiger partial charge on any atom is 0.202 e. The van der Waals surface area contributed by atoms with Gasteiger partial charge in [-0.05, 0) is 37.5 Å². The van der Waals surface area contributed by atoms with Gasteiger partial charge in [-0.25, -0.2) is 4.98 Å². The Kier molecular flexibility index (Phi) is 4.37. The van der Waals surface area contributed by atoms with Gasteiger partial charge in [-0.2, -0.15) is 4.37 Å². The summed E-state index contributed by atoms with van der Waals surface area (Å²) in [6.07, 6.45) is 6.05. The van der Waals surface area contributed by atoms with Crippen molar-refractivity contribution in [3.63, 3.8) is 0 Å². The molecular weight excluding hydrogens is 230 g/mol. The summed E-state index contributed by atoms with van der Waals surface area (Å²) in [6, 6.07) is 0.591. The lowest BCUT2D eigenvalue weighted by molar-refractivity contribution is 0.276. The van der Waals surface area contributed by atoms with Gasteiger partial charge in [-0.15, -0.1) is 0 Å². The number of aryl methyl sites for hydroxylation is 1. The highest BCUT2D eigenvalue weighted by Gasteiger charge is 2.25. The maximum absolute atomic E-state index is 4.54. The van der Waals surface area contributed by atoms with E-state index in [1.165, 1.54) is 30.8 Å². The van der Waals surface area contributed by atoms with Gasteiger partial charge in [0.15, 0.2) is 0 Å². The van der Waals surface area contributed by atoms with Gasteiger partial charge in [-0.3, -0.25) is 0 Å². The molecule has 0 aromatic carbocycles. The van der Waals surface area contributed by atoms with Gasteiger partial charge in [0, 0.05) is 24.0 Å². The molecule has 1 heterocycles. The second kappa shape index (κ2) is 5.80. The number of aromatic nitrogens is 2. The molecule has 1 aliphatic rings. The Labute approximate surface area is 108 Å². The van der Waals surface area contributed by atoms with Crippen LogP contribution in [0.3, 0.4) is 0 Å². The molecule has 0 aliphatic heterocycles. The Balaban J connectivity index is 1.91. The van der Waals surface area contributed by atoms with Crippen molar-refractivity contribution in [2.45, 2.75) is 58.9 Å². The third kappa shape index (κ3) is 3.41. The van der Waals surface area contributed by atoms with Crippen molar-refractivity contribution >= 4 is 16.7 Å². The zero-order valence-corrected chi connectivity index (χ0v) is 11.9. The Hall–Kier alpha value is -0.640. The summed E-state index contributed by atoms with van der Waals surface area (Å²) in [6.45, 7) is 6.87. The molecule has 96 valence electrons. The Morgan fingerprint density at radius 1 is 1.35 bits per heavy atom. The smallest absolute Gasteiger partial charge is 0.202 e. The number of nitrogens with one attached hydrogen (secondary N) is 1. The van der Waals surface area contributed by atoms with E-state index in [0.717, 1.165) is 35.6 Å². The quantitative estimate of drug-likeness (QED) is 0.888. The average molecular weight is 253 g/mol. The molecule has 1 aromatic rings. The molecule has 1 aliphatic carbocycles. The number of hydrogen-bond acceptors (Lipinski definition) is 4. The summed E-state index contributed by atoms with van der Waals surface area (Å²) in [7, 11) is 0. The van der Waals surface area contributed by atoms with Crippen LogP contribution in [0.1, 0.15) is 52.3 Å². The normalized spacial score (nSPS) is 29.2. The average Bonchev–Trinajstić information content (AvgIpc) is 2.71. The fourth-order valence-corrected chi connectivity index (χ4v) is 3.35. The molecule has 0 spiro atoms. The summed E-state index contributed by atoms with van der Waals surface area (Å²) in [5.74, 6) is 2.63. The number of anilines is 1. The van der Waals surface area contributed by atoms with Crippen molar-refractivity contribution in [2.75, 3.05) is 5.32 Å². The van der Waals surface area contributed by atoms with Crippen LogP contribution in [0, 0.1) is 11.8 Å². The molecule has 2 rings (SSSR count). The van der Waals surface area contributed by atoms with E-state index in [1.54, 1.807) is 0 Å². The van der Waals surface area contributed by atoms with Gasteiger partial charge in [0.05, 0.1) is 0 Å². The minimum absolute atomic E-state index is 0.591. The highest BCUT2D eigenvalue weighted by atomic mass is 32.1. The number of nitrogens with zero attached hydrogens (tertiary/aromatic N) is 2. The molecule has 0 amide bonds. The minimum atomic E-state index is 0.591. The highest BCUT2D eigenvalue weighted by molar-refractivity contribution is 7.09. The van der Waals surface area contributed by atoms with E-state index in [-0.39, 0.29) is 0 Å². The summed E-state index contributed by atoms with van der Waals surface area (Å²) in [4.78, 5) is 4.54. The van der Waals surface area contributed by atoms with Crippen LogP contribution in [0.5, 0.6) is 0 Å². The highest BCUT2D eigenvalue weighted by Crippen LogP contribution is 2.31. The first-order valence-corrected chi connectivity index (χ1v) is 7.55. The Morgan fingerprint density at radius 2 is 2.18 bits per heavy atom. The Bertz CT molecular complexity index is 350. The number of rotatable bonds is 4. The third-order valence-corrected chi connectivity index (χ3v) is 4.37. The molecule has 0 saturated heterocycles. The van der Waals surface area contributed by atoms with E-state index < -0.39 is 0 Å². The van der Waals surface area contributed by atoms with Crippen molar-refractivity contribution in [2.24, 2.45) is 11.8 Å². The Morgan fingerprint density at radius 3 is 2.88 bits per heavy atom. The summed E-state index contributed by atoms with van der Waals surface area (Å²) in [5, 5.41) is 4.59.